The van der Waals surface area contributed by atoms with E-state index in [9.17, 15) is 4.79 Å². The molecule has 9 nitrogen and oxygen atoms in total. The van der Waals surface area contributed by atoms with E-state index in [1.807, 2.05) is 18.2 Å². The van der Waals surface area contributed by atoms with Crippen molar-refractivity contribution in [1.29, 1.82) is 0 Å². The van der Waals surface area contributed by atoms with E-state index >= 15 is 0 Å². The first kappa shape index (κ1) is 20.9. The molecule has 1 saturated carbocycles. The number of hydrogen-bond donors (Lipinski definition) is 3. The Morgan fingerprint density at radius 1 is 1.06 bits per heavy atom. The molecule has 0 saturated heterocycles. The molecule has 6 aromatic heterocycles. The van der Waals surface area contributed by atoms with E-state index in [1.165, 1.54) is 4.88 Å². The van der Waals surface area contributed by atoms with Crippen molar-refractivity contribution in [3.05, 3.63) is 60.0 Å². The van der Waals surface area contributed by atoms with Gasteiger partial charge < -0.3 is 10.3 Å². The molecule has 1 aliphatic rings. The van der Waals surface area contributed by atoms with Gasteiger partial charge >= 0.3 is 0 Å². The predicted molar refractivity (Wildman–Crippen MR) is 139 cm³/mol. The number of aryl methyl sites for hydroxylation is 1. The van der Waals surface area contributed by atoms with Crippen molar-refractivity contribution in [2.24, 2.45) is 5.92 Å². The van der Waals surface area contributed by atoms with E-state index in [2.05, 4.69) is 54.5 Å². The van der Waals surface area contributed by atoms with Gasteiger partial charge in [-0.05, 0) is 50.1 Å². The van der Waals surface area contributed by atoms with E-state index in [0.717, 1.165) is 56.6 Å². The van der Waals surface area contributed by atoms with E-state index in [0.29, 0.717) is 17.2 Å². The lowest BCUT2D eigenvalue weighted by atomic mass is 10.1. The van der Waals surface area contributed by atoms with Crippen LogP contribution in [0.3, 0.4) is 0 Å². The van der Waals surface area contributed by atoms with Gasteiger partial charge in [-0.3, -0.25) is 24.8 Å². The zero-order valence-electron chi connectivity index (χ0n) is 19.2. The molecule has 0 bridgehead atoms. The summed E-state index contributed by atoms with van der Waals surface area (Å²) in [5.41, 5.74) is 6.26. The molecule has 0 aliphatic heterocycles. The summed E-state index contributed by atoms with van der Waals surface area (Å²) in [4.78, 5) is 36.3. The van der Waals surface area contributed by atoms with Crippen LogP contribution in [0.1, 0.15) is 17.7 Å². The number of nitrogens with one attached hydrogen (secondary N) is 3. The topological polar surface area (TPSA) is 125 Å². The molecule has 0 aromatic carbocycles. The van der Waals surface area contributed by atoms with E-state index in [1.54, 1.807) is 36.1 Å². The molecule has 10 heteroatoms. The summed E-state index contributed by atoms with van der Waals surface area (Å²) < 4.78 is 0. The summed E-state index contributed by atoms with van der Waals surface area (Å²) in [5, 5.41) is 11.4. The third-order valence-corrected chi connectivity index (χ3v) is 7.30. The number of amides is 1. The Morgan fingerprint density at radius 2 is 1.97 bits per heavy atom. The first-order valence-electron chi connectivity index (χ1n) is 11.6. The largest absolute Gasteiger partial charge is 0.336 e. The number of rotatable bonds is 5. The fourth-order valence-corrected chi connectivity index (χ4v) is 5.15. The van der Waals surface area contributed by atoms with Gasteiger partial charge in [0, 0.05) is 34.1 Å². The SMILES string of the molecule is Cc1ccc(-c2nccc3[nH]c(-c4n[nH]c5cnc(-c6cncc(NC(=O)C7CC7)c6)cc45)nc23)s1. The van der Waals surface area contributed by atoms with E-state index < -0.39 is 0 Å². The van der Waals surface area contributed by atoms with Crippen molar-refractivity contribution in [2.45, 2.75) is 19.8 Å². The number of thiophene rings is 1. The Labute approximate surface area is 209 Å². The summed E-state index contributed by atoms with van der Waals surface area (Å²) in [6.07, 6.45) is 8.84. The maximum absolute atomic E-state index is 12.2. The van der Waals surface area contributed by atoms with Gasteiger partial charge in [0.15, 0.2) is 5.82 Å². The van der Waals surface area contributed by atoms with Gasteiger partial charge in [-0.1, -0.05) is 0 Å². The fourth-order valence-electron chi connectivity index (χ4n) is 4.28. The lowest BCUT2D eigenvalue weighted by molar-refractivity contribution is -0.117. The number of aromatic nitrogens is 7. The van der Waals surface area contributed by atoms with Crippen molar-refractivity contribution in [2.75, 3.05) is 5.32 Å². The van der Waals surface area contributed by atoms with Gasteiger partial charge in [0.2, 0.25) is 5.91 Å². The first-order valence-corrected chi connectivity index (χ1v) is 12.5. The van der Waals surface area contributed by atoms with Crippen LogP contribution >= 0.6 is 11.3 Å². The van der Waals surface area contributed by atoms with Crippen LogP contribution in [0.25, 0.3) is 55.3 Å². The van der Waals surface area contributed by atoms with E-state index in [-0.39, 0.29) is 11.8 Å². The van der Waals surface area contributed by atoms with Gasteiger partial charge in [-0.25, -0.2) is 4.98 Å². The van der Waals surface area contributed by atoms with Gasteiger partial charge in [0.25, 0.3) is 0 Å². The minimum atomic E-state index is 0.0472. The smallest absolute Gasteiger partial charge is 0.227 e. The quantitative estimate of drug-likeness (QED) is 0.298. The molecule has 176 valence electrons. The Bertz CT molecular complexity index is 1780. The van der Waals surface area contributed by atoms with Gasteiger partial charge in [-0.15, -0.1) is 11.3 Å². The average molecular weight is 493 g/mol. The van der Waals surface area contributed by atoms with Gasteiger partial charge in [0.05, 0.1) is 39.7 Å². The zero-order valence-corrected chi connectivity index (χ0v) is 20.1. The molecule has 0 unspecified atom stereocenters. The number of carbonyl (C=O) groups excluding carboxylic acids is 1. The van der Waals surface area contributed by atoms with Crippen LogP contribution in [0.5, 0.6) is 0 Å². The summed E-state index contributed by atoms with van der Waals surface area (Å²) in [6.45, 7) is 2.08. The second kappa shape index (κ2) is 8.06. The molecule has 7 rings (SSSR count). The summed E-state index contributed by atoms with van der Waals surface area (Å²) >= 11 is 1.70. The number of carbonyl (C=O) groups is 1. The number of pyridine rings is 3. The molecule has 3 N–H and O–H groups in total. The highest BCUT2D eigenvalue weighted by Gasteiger charge is 2.29. The molecule has 6 heterocycles. The highest BCUT2D eigenvalue weighted by atomic mass is 32.1. The van der Waals surface area contributed by atoms with Crippen LogP contribution in [0.4, 0.5) is 5.69 Å². The first-order chi connectivity index (χ1) is 17.6. The second-order valence-corrected chi connectivity index (χ2v) is 10.3. The van der Waals surface area contributed by atoms with Crippen molar-refractivity contribution < 1.29 is 4.79 Å². The Hall–Kier alpha value is -4.44. The summed E-state index contributed by atoms with van der Waals surface area (Å²) in [5.74, 6) is 0.824. The van der Waals surface area contributed by atoms with Crippen LogP contribution in [-0.4, -0.2) is 41.0 Å². The molecule has 1 amide bonds. The molecule has 0 radical (unpaired) electrons. The lowest BCUT2D eigenvalue weighted by Crippen LogP contribution is -2.13. The van der Waals surface area contributed by atoms with E-state index in [4.69, 9.17) is 4.98 Å². The van der Waals surface area contributed by atoms with Crippen LogP contribution in [0.15, 0.2) is 55.1 Å². The zero-order chi connectivity index (χ0) is 24.2. The standard InChI is InChI=1S/C26H20N8OS/c1-13-2-5-21(36-13)24-23-18(6-7-28-24)31-25(32-23)22-17-9-19(29-12-20(17)33-34-22)15-8-16(11-27-10-15)30-26(35)14-3-4-14/h2,5-12,14H,3-4H2,1H3,(H,30,35)(H,31,32)(H,33,34). The van der Waals surface area contributed by atoms with Crippen molar-refractivity contribution in [3.8, 4) is 33.3 Å². The molecule has 1 aliphatic carbocycles. The van der Waals surface area contributed by atoms with Crippen molar-refractivity contribution in [3.63, 3.8) is 0 Å². The maximum Gasteiger partial charge on any atom is 0.227 e. The lowest BCUT2D eigenvalue weighted by Gasteiger charge is -2.06. The third kappa shape index (κ3) is 3.62. The average Bonchev–Trinajstić information content (AvgIpc) is 3.30. The number of H-pyrrole nitrogens is 2. The number of aromatic amines is 2. The van der Waals surface area contributed by atoms with Crippen LogP contribution in [0, 0.1) is 12.8 Å². The van der Waals surface area contributed by atoms with Crippen LogP contribution < -0.4 is 5.32 Å². The predicted octanol–water partition coefficient (Wildman–Crippen LogP) is 5.34. The minimum absolute atomic E-state index is 0.0472. The van der Waals surface area contributed by atoms with Crippen LogP contribution in [-0.2, 0) is 4.79 Å². The highest BCUT2D eigenvalue weighted by Crippen LogP contribution is 2.34. The summed E-state index contributed by atoms with van der Waals surface area (Å²) in [6, 6.07) is 9.94. The number of hydrogen-bond acceptors (Lipinski definition) is 7. The Kier molecular flexibility index (Phi) is 4.68. The number of nitrogens with zero attached hydrogens (tertiary/aromatic N) is 5. The number of anilines is 1. The highest BCUT2D eigenvalue weighted by molar-refractivity contribution is 7.15. The minimum Gasteiger partial charge on any atom is -0.336 e. The maximum atomic E-state index is 12.2. The van der Waals surface area contributed by atoms with Crippen molar-refractivity contribution in [1.82, 2.24) is 35.1 Å². The molecule has 1 fully saturated rings. The molecule has 36 heavy (non-hydrogen) atoms. The third-order valence-electron chi connectivity index (χ3n) is 6.30. The number of fused-ring (bicyclic) bond motifs is 2. The summed E-state index contributed by atoms with van der Waals surface area (Å²) in [7, 11) is 0. The monoisotopic (exact) mass is 492 g/mol. The molecule has 0 spiro atoms. The Morgan fingerprint density at radius 3 is 2.81 bits per heavy atom. The molecule has 0 atom stereocenters. The molecule has 6 aromatic rings. The van der Waals surface area contributed by atoms with Gasteiger partial charge in [-0.2, -0.15) is 5.10 Å². The fraction of sp³-hybridized carbons (Fsp3) is 0.154. The van der Waals surface area contributed by atoms with Gasteiger partial charge in [0.1, 0.15) is 16.9 Å². The van der Waals surface area contributed by atoms with Crippen LogP contribution in [0.2, 0.25) is 0 Å². The molecular formula is C26H20N8OS. The molecular weight excluding hydrogens is 472 g/mol. The van der Waals surface area contributed by atoms with Crippen molar-refractivity contribution >= 4 is 44.9 Å². The Balaban J connectivity index is 1.28. The second-order valence-electron chi connectivity index (χ2n) is 8.96. The number of imidazole rings is 1. The normalized spacial score (nSPS) is 13.5.